The number of thiophene rings is 1. The van der Waals surface area contributed by atoms with Gasteiger partial charge in [0.2, 0.25) is 0 Å². The van der Waals surface area contributed by atoms with Gasteiger partial charge in [0.25, 0.3) is 0 Å². The van der Waals surface area contributed by atoms with E-state index in [0.29, 0.717) is 12.6 Å². The third-order valence-corrected chi connectivity index (χ3v) is 7.27. The molecule has 6 nitrogen and oxygen atoms in total. The maximum absolute atomic E-state index is 11.4. The van der Waals surface area contributed by atoms with E-state index in [1.807, 2.05) is 25.1 Å². The summed E-state index contributed by atoms with van der Waals surface area (Å²) in [6.07, 6.45) is 3.25. The Bertz CT molecular complexity index is 1090. The lowest BCUT2D eigenvalue weighted by molar-refractivity contribution is 0.230. The molecule has 0 spiro atoms. The average molecular weight is 431 g/mol. The maximum atomic E-state index is 11.4. The Morgan fingerprint density at radius 3 is 2.59 bits per heavy atom. The van der Waals surface area contributed by atoms with Crippen molar-refractivity contribution in [1.82, 2.24) is 14.9 Å². The number of hydrogen-bond acceptors (Lipinski definition) is 7. The van der Waals surface area contributed by atoms with Crippen LogP contribution in [0.2, 0.25) is 0 Å². The maximum Gasteiger partial charge on any atom is 0.148 e. The third-order valence-electron chi connectivity index (χ3n) is 5.27. The number of aryl methyl sites for hydroxylation is 1. The summed E-state index contributed by atoms with van der Waals surface area (Å²) < 4.78 is 22.8. The second-order valence-electron chi connectivity index (χ2n) is 7.71. The van der Waals surface area contributed by atoms with Gasteiger partial charge < -0.3 is 10.2 Å². The van der Waals surface area contributed by atoms with Gasteiger partial charge in [0, 0.05) is 36.8 Å². The number of nitrogens with one attached hydrogen (secondary N) is 1. The zero-order valence-electron chi connectivity index (χ0n) is 16.8. The van der Waals surface area contributed by atoms with Crippen molar-refractivity contribution in [2.75, 3.05) is 37.0 Å². The van der Waals surface area contributed by atoms with Crippen molar-refractivity contribution >= 4 is 37.2 Å². The second kappa shape index (κ2) is 8.38. The van der Waals surface area contributed by atoms with Crippen molar-refractivity contribution in [3.8, 4) is 10.4 Å². The zero-order chi connectivity index (χ0) is 20.4. The van der Waals surface area contributed by atoms with E-state index in [-0.39, 0.29) is 5.75 Å². The van der Waals surface area contributed by atoms with Gasteiger partial charge in [0.05, 0.1) is 11.1 Å². The van der Waals surface area contributed by atoms with Crippen molar-refractivity contribution in [3.63, 3.8) is 0 Å². The molecule has 0 amide bonds. The van der Waals surface area contributed by atoms with Gasteiger partial charge in [-0.2, -0.15) is 0 Å². The Morgan fingerprint density at radius 1 is 1.17 bits per heavy atom. The van der Waals surface area contributed by atoms with Crippen molar-refractivity contribution in [1.29, 1.82) is 0 Å². The molecule has 0 unspecified atom stereocenters. The predicted octanol–water partition coefficient (Wildman–Crippen LogP) is 3.59. The molecule has 1 aliphatic rings. The third kappa shape index (κ3) is 5.12. The van der Waals surface area contributed by atoms with Crippen LogP contribution in [0.5, 0.6) is 0 Å². The molecule has 0 saturated carbocycles. The topological polar surface area (TPSA) is 75.2 Å². The number of sulfone groups is 1. The minimum atomic E-state index is -2.91. The van der Waals surface area contributed by atoms with E-state index in [4.69, 9.17) is 0 Å². The van der Waals surface area contributed by atoms with Gasteiger partial charge in [-0.05, 0) is 31.4 Å². The van der Waals surface area contributed by atoms with Crippen molar-refractivity contribution < 1.29 is 8.42 Å². The second-order valence-corrected chi connectivity index (χ2v) is 11.0. The molecule has 1 aliphatic heterocycles. The van der Waals surface area contributed by atoms with Crippen LogP contribution in [0.4, 0.5) is 5.82 Å². The minimum absolute atomic E-state index is 0.230. The highest BCUT2D eigenvalue weighted by molar-refractivity contribution is 7.90. The van der Waals surface area contributed by atoms with Crippen molar-refractivity contribution in [2.45, 2.75) is 25.8 Å². The SMILES string of the molecule is Cc1nc(NC2CCN(CCS(C)(=O)=O)CC2)c2cc(-c3ccccc3)sc2n1. The lowest BCUT2D eigenvalue weighted by Crippen LogP contribution is -2.41. The molecule has 2 aromatic heterocycles. The standard InChI is InChI=1S/C21H26N4O2S2/c1-15-22-20(24-17-8-10-25(11-9-17)12-13-29(2,26)27)18-14-19(28-21(18)23-15)16-6-4-3-5-7-16/h3-7,14,17H,8-13H2,1-2H3,(H,22,23,24). The summed E-state index contributed by atoms with van der Waals surface area (Å²) in [7, 11) is -2.91. The molecule has 0 aliphatic carbocycles. The number of fused-ring (bicyclic) bond motifs is 1. The Balaban J connectivity index is 1.48. The first-order chi connectivity index (χ1) is 13.9. The zero-order valence-corrected chi connectivity index (χ0v) is 18.4. The van der Waals surface area contributed by atoms with Crippen LogP contribution < -0.4 is 5.32 Å². The summed E-state index contributed by atoms with van der Waals surface area (Å²) in [6, 6.07) is 12.9. The molecule has 1 fully saturated rings. The van der Waals surface area contributed by atoms with E-state index >= 15 is 0 Å². The molecule has 8 heteroatoms. The monoisotopic (exact) mass is 430 g/mol. The molecule has 0 bridgehead atoms. The Morgan fingerprint density at radius 2 is 1.90 bits per heavy atom. The molecule has 154 valence electrons. The van der Waals surface area contributed by atoms with Crippen LogP contribution in [0.15, 0.2) is 36.4 Å². The summed E-state index contributed by atoms with van der Waals surface area (Å²) in [5.74, 6) is 1.90. The number of benzene rings is 1. The Labute approximate surface area is 175 Å². The van der Waals surface area contributed by atoms with E-state index in [1.165, 1.54) is 16.7 Å². The molecule has 1 N–H and O–H groups in total. The van der Waals surface area contributed by atoms with Gasteiger partial charge in [0.1, 0.15) is 26.3 Å². The summed E-state index contributed by atoms with van der Waals surface area (Å²) in [4.78, 5) is 13.8. The van der Waals surface area contributed by atoms with Crippen molar-refractivity contribution in [3.05, 3.63) is 42.2 Å². The van der Waals surface area contributed by atoms with E-state index in [9.17, 15) is 8.42 Å². The Kier molecular flexibility index (Phi) is 5.85. The van der Waals surface area contributed by atoms with Crippen LogP contribution in [0, 0.1) is 6.92 Å². The molecular formula is C21H26N4O2S2. The first-order valence-corrected chi connectivity index (χ1v) is 12.8. The van der Waals surface area contributed by atoms with Gasteiger partial charge >= 0.3 is 0 Å². The fourth-order valence-electron chi connectivity index (χ4n) is 3.67. The summed E-state index contributed by atoms with van der Waals surface area (Å²) in [6.45, 7) is 4.35. The van der Waals surface area contributed by atoms with Crippen LogP contribution in [0.3, 0.4) is 0 Å². The first kappa shape index (κ1) is 20.3. The first-order valence-electron chi connectivity index (χ1n) is 9.87. The molecule has 3 aromatic rings. The van der Waals surface area contributed by atoms with Crippen LogP contribution >= 0.6 is 11.3 Å². The minimum Gasteiger partial charge on any atom is -0.367 e. The number of nitrogens with zero attached hydrogens (tertiary/aromatic N) is 3. The van der Waals surface area contributed by atoms with Gasteiger partial charge in [0.15, 0.2) is 0 Å². The highest BCUT2D eigenvalue weighted by atomic mass is 32.2. The largest absolute Gasteiger partial charge is 0.367 e. The van der Waals surface area contributed by atoms with E-state index in [1.54, 1.807) is 11.3 Å². The predicted molar refractivity (Wildman–Crippen MR) is 120 cm³/mol. The lowest BCUT2D eigenvalue weighted by atomic mass is 10.0. The average Bonchev–Trinajstić information content (AvgIpc) is 3.12. The van der Waals surface area contributed by atoms with Crippen LogP contribution in [0.1, 0.15) is 18.7 Å². The summed E-state index contributed by atoms with van der Waals surface area (Å²) >= 11 is 1.69. The number of piperidine rings is 1. The molecule has 1 aromatic carbocycles. The van der Waals surface area contributed by atoms with Crippen LogP contribution in [0.25, 0.3) is 20.7 Å². The van der Waals surface area contributed by atoms with Gasteiger partial charge in [-0.15, -0.1) is 11.3 Å². The highest BCUT2D eigenvalue weighted by Gasteiger charge is 2.21. The quantitative estimate of drug-likeness (QED) is 0.644. The highest BCUT2D eigenvalue weighted by Crippen LogP contribution is 2.35. The molecule has 1 saturated heterocycles. The van der Waals surface area contributed by atoms with Gasteiger partial charge in [-0.1, -0.05) is 30.3 Å². The summed E-state index contributed by atoms with van der Waals surface area (Å²) in [5.41, 5.74) is 1.19. The Hall–Kier alpha value is -2.03. The van der Waals surface area contributed by atoms with Crippen LogP contribution in [-0.4, -0.2) is 61.0 Å². The van der Waals surface area contributed by atoms with E-state index in [0.717, 1.165) is 47.8 Å². The fraction of sp³-hybridized carbons (Fsp3) is 0.429. The fourth-order valence-corrected chi connectivity index (χ4v) is 5.34. The van der Waals surface area contributed by atoms with Crippen LogP contribution in [-0.2, 0) is 9.84 Å². The molecular weight excluding hydrogens is 404 g/mol. The molecule has 0 atom stereocenters. The number of likely N-dealkylation sites (tertiary alicyclic amines) is 1. The molecule has 0 radical (unpaired) electrons. The number of aromatic nitrogens is 2. The summed E-state index contributed by atoms with van der Waals surface area (Å²) in [5, 5.41) is 4.70. The van der Waals surface area contributed by atoms with Gasteiger partial charge in [-0.25, -0.2) is 18.4 Å². The number of hydrogen-bond donors (Lipinski definition) is 1. The number of rotatable bonds is 6. The van der Waals surface area contributed by atoms with E-state index in [2.05, 4.69) is 38.4 Å². The smallest absolute Gasteiger partial charge is 0.148 e. The molecule has 29 heavy (non-hydrogen) atoms. The number of anilines is 1. The van der Waals surface area contributed by atoms with E-state index < -0.39 is 9.84 Å². The lowest BCUT2D eigenvalue weighted by Gasteiger charge is -2.32. The van der Waals surface area contributed by atoms with Crippen molar-refractivity contribution in [2.24, 2.45) is 0 Å². The molecule has 4 rings (SSSR count). The van der Waals surface area contributed by atoms with Gasteiger partial charge in [-0.3, -0.25) is 0 Å². The molecule has 3 heterocycles. The normalized spacial score (nSPS) is 16.3.